The summed E-state index contributed by atoms with van der Waals surface area (Å²) < 4.78 is 6.08. The molecule has 3 heterocycles. The normalized spacial score (nSPS) is 15.7. The second kappa shape index (κ2) is 5.63. The molecule has 8 nitrogen and oxygen atoms in total. The van der Waals surface area contributed by atoms with Crippen molar-refractivity contribution >= 4 is 35.0 Å². The van der Waals surface area contributed by atoms with Crippen LogP contribution in [0.4, 0.5) is 11.9 Å². The third kappa shape index (κ3) is 3.08. The second-order valence-corrected chi connectivity index (χ2v) is 5.73. The van der Waals surface area contributed by atoms with Crippen molar-refractivity contribution in [2.24, 2.45) is 0 Å². The van der Waals surface area contributed by atoms with Crippen LogP contribution in [0.15, 0.2) is 15.0 Å². The van der Waals surface area contributed by atoms with Crippen LogP contribution in [0, 0.1) is 0 Å². The van der Waals surface area contributed by atoms with Gasteiger partial charge in [0.05, 0.1) is 13.2 Å². The predicted octanol–water partition coefficient (Wildman–Crippen LogP) is 0.293. The van der Waals surface area contributed by atoms with E-state index in [-0.39, 0.29) is 5.95 Å². The van der Waals surface area contributed by atoms with Crippen molar-refractivity contribution in [2.75, 3.05) is 36.9 Å². The van der Waals surface area contributed by atoms with Crippen LogP contribution in [0.5, 0.6) is 0 Å². The number of anilines is 2. The SMILES string of the molecule is Nc1nc(Sc2nncs2)nc(N2CCOCC2)n1. The number of rotatable bonds is 3. The van der Waals surface area contributed by atoms with Crippen LogP contribution in [-0.4, -0.2) is 51.5 Å². The average molecular weight is 297 g/mol. The molecule has 2 N–H and O–H groups in total. The van der Waals surface area contributed by atoms with E-state index in [1.165, 1.54) is 23.1 Å². The molecule has 10 heteroatoms. The summed E-state index contributed by atoms with van der Waals surface area (Å²) in [5, 5.41) is 8.24. The molecule has 1 aliphatic rings. The van der Waals surface area contributed by atoms with Crippen LogP contribution in [0.25, 0.3) is 0 Å². The van der Waals surface area contributed by atoms with Crippen LogP contribution in [-0.2, 0) is 4.74 Å². The van der Waals surface area contributed by atoms with Gasteiger partial charge in [-0.3, -0.25) is 0 Å². The van der Waals surface area contributed by atoms with Crippen LogP contribution in [0.2, 0.25) is 0 Å². The fraction of sp³-hybridized carbons (Fsp3) is 0.444. The van der Waals surface area contributed by atoms with E-state index in [4.69, 9.17) is 10.5 Å². The highest BCUT2D eigenvalue weighted by atomic mass is 32.2. The van der Waals surface area contributed by atoms with Crippen molar-refractivity contribution in [2.45, 2.75) is 9.50 Å². The number of nitrogens with two attached hydrogens (primary N) is 1. The summed E-state index contributed by atoms with van der Waals surface area (Å²) in [7, 11) is 0. The van der Waals surface area contributed by atoms with E-state index in [1.54, 1.807) is 5.51 Å². The highest BCUT2D eigenvalue weighted by Crippen LogP contribution is 2.27. The van der Waals surface area contributed by atoms with Crippen LogP contribution in [0.3, 0.4) is 0 Å². The zero-order valence-corrected chi connectivity index (χ0v) is 11.5. The van der Waals surface area contributed by atoms with Gasteiger partial charge in [0.1, 0.15) is 5.51 Å². The predicted molar refractivity (Wildman–Crippen MR) is 71.3 cm³/mol. The van der Waals surface area contributed by atoms with E-state index in [2.05, 4.69) is 25.1 Å². The van der Waals surface area contributed by atoms with Gasteiger partial charge in [0.25, 0.3) is 0 Å². The number of hydrogen-bond acceptors (Lipinski definition) is 10. The van der Waals surface area contributed by atoms with Crippen LogP contribution < -0.4 is 10.6 Å². The Bertz CT molecular complexity index is 544. The maximum Gasteiger partial charge on any atom is 0.231 e. The highest BCUT2D eigenvalue weighted by Gasteiger charge is 2.16. The molecule has 1 aliphatic heterocycles. The molecule has 0 spiro atoms. The van der Waals surface area contributed by atoms with E-state index in [1.807, 2.05) is 4.90 Å². The van der Waals surface area contributed by atoms with E-state index in [9.17, 15) is 0 Å². The molecule has 0 aromatic carbocycles. The van der Waals surface area contributed by atoms with Crippen molar-refractivity contribution < 1.29 is 4.74 Å². The lowest BCUT2D eigenvalue weighted by Gasteiger charge is -2.26. The minimum atomic E-state index is 0.212. The Morgan fingerprint density at radius 3 is 2.84 bits per heavy atom. The number of nitrogen functional groups attached to an aromatic ring is 1. The summed E-state index contributed by atoms with van der Waals surface area (Å²) >= 11 is 2.76. The number of ether oxygens (including phenoxy) is 1. The molecule has 0 bridgehead atoms. The van der Waals surface area contributed by atoms with E-state index < -0.39 is 0 Å². The molecule has 3 rings (SSSR count). The number of hydrogen-bond donors (Lipinski definition) is 1. The minimum Gasteiger partial charge on any atom is -0.378 e. The largest absolute Gasteiger partial charge is 0.378 e. The number of aromatic nitrogens is 5. The zero-order chi connectivity index (χ0) is 13.1. The van der Waals surface area contributed by atoms with Crippen molar-refractivity contribution in [1.82, 2.24) is 25.1 Å². The fourth-order valence-electron chi connectivity index (χ4n) is 1.60. The molecule has 0 saturated carbocycles. The molecule has 0 radical (unpaired) electrons. The molecular weight excluding hydrogens is 286 g/mol. The van der Waals surface area contributed by atoms with E-state index >= 15 is 0 Å². The Hall–Kier alpha value is -1.52. The molecule has 0 unspecified atom stereocenters. The quantitative estimate of drug-likeness (QED) is 0.856. The Kier molecular flexibility index (Phi) is 3.71. The maximum absolute atomic E-state index is 5.73. The molecule has 0 aliphatic carbocycles. The maximum atomic E-state index is 5.73. The van der Waals surface area contributed by atoms with E-state index in [0.717, 1.165) is 17.4 Å². The molecule has 1 fully saturated rings. The summed E-state index contributed by atoms with van der Waals surface area (Å²) in [4.78, 5) is 14.7. The average Bonchev–Trinajstić information content (AvgIpc) is 2.92. The van der Waals surface area contributed by atoms with Crippen LogP contribution in [0.1, 0.15) is 0 Å². The molecule has 1 saturated heterocycles. The summed E-state index contributed by atoms with van der Waals surface area (Å²) in [6.45, 7) is 2.85. The standard InChI is InChI=1S/C9H11N7OS2/c10-6-12-7(16-1-3-17-4-2-16)14-8(13-6)19-9-15-11-5-18-9/h5H,1-4H2,(H2,10,12,13,14). The van der Waals surface area contributed by atoms with Gasteiger partial charge in [-0.25, -0.2) is 0 Å². The summed E-state index contributed by atoms with van der Waals surface area (Å²) in [5.41, 5.74) is 7.39. The smallest absolute Gasteiger partial charge is 0.231 e. The first-order valence-corrected chi connectivity index (χ1v) is 7.29. The zero-order valence-electron chi connectivity index (χ0n) is 9.89. The van der Waals surface area contributed by atoms with Crippen LogP contribution >= 0.6 is 23.1 Å². The minimum absolute atomic E-state index is 0.212. The fourth-order valence-corrected chi connectivity index (χ4v) is 2.93. The first-order chi connectivity index (χ1) is 9.31. The Labute approximate surface area is 117 Å². The van der Waals surface area contributed by atoms with Gasteiger partial charge in [-0.1, -0.05) is 11.3 Å². The summed E-state index contributed by atoms with van der Waals surface area (Å²) in [6, 6.07) is 0. The lowest BCUT2D eigenvalue weighted by atomic mass is 10.4. The lowest BCUT2D eigenvalue weighted by Crippen LogP contribution is -2.37. The number of nitrogens with zero attached hydrogens (tertiary/aromatic N) is 6. The molecule has 0 amide bonds. The molecule has 2 aromatic rings. The molecule has 2 aromatic heterocycles. The van der Waals surface area contributed by atoms with Gasteiger partial charge >= 0.3 is 0 Å². The third-order valence-corrected chi connectivity index (χ3v) is 4.08. The van der Waals surface area contributed by atoms with Crippen molar-refractivity contribution in [3.8, 4) is 0 Å². The Balaban J connectivity index is 1.82. The van der Waals surface area contributed by atoms with Gasteiger partial charge in [-0.2, -0.15) is 15.0 Å². The monoisotopic (exact) mass is 297 g/mol. The Morgan fingerprint density at radius 1 is 1.26 bits per heavy atom. The lowest BCUT2D eigenvalue weighted by molar-refractivity contribution is 0.122. The van der Waals surface area contributed by atoms with Gasteiger partial charge in [0.2, 0.25) is 17.1 Å². The number of morpholine rings is 1. The van der Waals surface area contributed by atoms with Gasteiger partial charge in [-0.15, -0.1) is 10.2 Å². The molecule has 100 valence electrons. The van der Waals surface area contributed by atoms with E-state index in [0.29, 0.717) is 24.3 Å². The molecular formula is C9H11N7OS2. The van der Waals surface area contributed by atoms with Crippen molar-refractivity contribution in [3.63, 3.8) is 0 Å². The van der Waals surface area contributed by atoms with Crippen molar-refractivity contribution in [1.29, 1.82) is 0 Å². The summed E-state index contributed by atoms with van der Waals surface area (Å²) in [6.07, 6.45) is 0. The first-order valence-electron chi connectivity index (χ1n) is 5.59. The van der Waals surface area contributed by atoms with Gasteiger partial charge in [0, 0.05) is 13.1 Å². The highest BCUT2D eigenvalue weighted by molar-refractivity contribution is 8.00. The van der Waals surface area contributed by atoms with Crippen molar-refractivity contribution in [3.05, 3.63) is 5.51 Å². The van der Waals surface area contributed by atoms with Gasteiger partial charge in [0.15, 0.2) is 4.34 Å². The van der Waals surface area contributed by atoms with Gasteiger partial charge in [-0.05, 0) is 11.8 Å². The molecule has 19 heavy (non-hydrogen) atoms. The van der Waals surface area contributed by atoms with Gasteiger partial charge < -0.3 is 15.4 Å². The Morgan fingerprint density at radius 2 is 2.11 bits per heavy atom. The first kappa shape index (κ1) is 12.5. The topological polar surface area (TPSA) is 103 Å². The molecule has 0 atom stereocenters. The second-order valence-electron chi connectivity index (χ2n) is 3.68. The third-order valence-electron chi connectivity index (χ3n) is 2.43. The summed E-state index contributed by atoms with van der Waals surface area (Å²) in [5.74, 6) is 0.798.